The minimum atomic E-state index is -0.0355. The van der Waals surface area contributed by atoms with E-state index < -0.39 is 0 Å². The molecule has 5 heteroatoms. The molecule has 5 nitrogen and oxygen atoms in total. The Kier molecular flexibility index (Phi) is 11.2. The highest BCUT2D eigenvalue weighted by Gasteiger charge is 2.31. The van der Waals surface area contributed by atoms with E-state index in [9.17, 15) is 9.59 Å². The molecule has 33 heavy (non-hydrogen) atoms. The predicted octanol–water partition coefficient (Wildman–Crippen LogP) is 5.11. The molecular weight excluding hydrogens is 410 g/mol. The van der Waals surface area contributed by atoms with Crippen LogP contribution in [0, 0.1) is 5.92 Å². The zero-order valence-electron chi connectivity index (χ0n) is 20.5. The third-order valence-electron chi connectivity index (χ3n) is 7.53. The number of rotatable bonds is 13. The van der Waals surface area contributed by atoms with Crippen molar-refractivity contribution >= 4 is 11.8 Å². The van der Waals surface area contributed by atoms with Crippen LogP contribution in [-0.4, -0.2) is 35.8 Å². The lowest BCUT2D eigenvalue weighted by atomic mass is 9.85. The average Bonchev–Trinajstić information content (AvgIpc) is 2.83. The maximum Gasteiger partial charge on any atom is 0.223 e. The molecule has 1 heterocycles. The van der Waals surface area contributed by atoms with Crippen molar-refractivity contribution in [1.29, 1.82) is 0 Å². The number of carbonyl (C=O) groups excluding carboxylic acids is 2. The molecule has 0 bridgehead atoms. The van der Waals surface area contributed by atoms with Crippen molar-refractivity contribution in [3.63, 3.8) is 0 Å². The second-order valence-corrected chi connectivity index (χ2v) is 10.2. The Labute approximate surface area is 200 Å². The maximum absolute atomic E-state index is 13.2. The molecule has 1 aromatic carbocycles. The summed E-state index contributed by atoms with van der Waals surface area (Å²) in [7, 11) is 0. The molecule has 0 radical (unpaired) electrons. The van der Waals surface area contributed by atoms with Gasteiger partial charge in [-0.25, -0.2) is 0 Å². The molecule has 2 amide bonds. The third-order valence-corrected chi connectivity index (χ3v) is 7.53. The number of benzene rings is 1. The van der Waals surface area contributed by atoms with E-state index in [1.54, 1.807) is 0 Å². The van der Waals surface area contributed by atoms with Gasteiger partial charge in [0.05, 0.1) is 0 Å². The number of hydrogen-bond acceptors (Lipinski definition) is 3. The summed E-state index contributed by atoms with van der Waals surface area (Å²) < 4.78 is 0. The van der Waals surface area contributed by atoms with Crippen molar-refractivity contribution in [2.75, 3.05) is 13.1 Å². The van der Waals surface area contributed by atoms with Gasteiger partial charge < -0.3 is 16.0 Å². The number of nitrogens with one attached hydrogen (secondary N) is 1. The molecule has 2 aliphatic rings. The Morgan fingerprint density at radius 3 is 2.45 bits per heavy atom. The zero-order chi connectivity index (χ0) is 23.3. The van der Waals surface area contributed by atoms with Gasteiger partial charge in [0.25, 0.3) is 0 Å². The number of nitrogens with two attached hydrogens (primary N) is 1. The summed E-state index contributed by atoms with van der Waals surface area (Å²) in [6, 6.07) is 8.34. The second kappa shape index (κ2) is 14.4. The first kappa shape index (κ1) is 25.7. The summed E-state index contributed by atoms with van der Waals surface area (Å²) in [5.41, 5.74) is 8.04. The summed E-state index contributed by atoms with van der Waals surface area (Å²) in [6.07, 6.45) is 16.3. The fourth-order valence-corrected chi connectivity index (χ4v) is 5.54. The number of fused-ring (bicyclic) bond motifs is 1. The third kappa shape index (κ3) is 8.77. The SMILES string of the molecule is NCCCCCCCNC(=O)CC1Cc2ccccc2CN1C(=O)CCCC1CCCCC1. The summed E-state index contributed by atoms with van der Waals surface area (Å²) in [6.45, 7) is 2.12. The van der Waals surface area contributed by atoms with E-state index in [4.69, 9.17) is 5.73 Å². The number of unbranched alkanes of at least 4 members (excludes halogenated alkanes) is 4. The van der Waals surface area contributed by atoms with Gasteiger partial charge in [0.2, 0.25) is 11.8 Å². The lowest BCUT2D eigenvalue weighted by molar-refractivity contribution is -0.136. The first-order valence-electron chi connectivity index (χ1n) is 13.5. The lowest BCUT2D eigenvalue weighted by Crippen LogP contribution is -2.46. The first-order valence-corrected chi connectivity index (χ1v) is 13.5. The molecule has 1 aromatic rings. The lowest BCUT2D eigenvalue weighted by Gasteiger charge is -2.37. The Morgan fingerprint density at radius 1 is 0.939 bits per heavy atom. The van der Waals surface area contributed by atoms with Crippen LogP contribution in [-0.2, 0) is 22.6 Å². The van der Waals surface area contributed by atoms with Crippen LogP contribution in [0.4, 0.5) is 0 Å². The molecule has 184 valence electrons. The molecule has 1 saturated carbocycles. The number of nitrogens with zero attached hydrogens (tertiary/aromatic N) is 1. The van der Waals surface area contributed by atoms with Gasteiger partial charge in [-0.1, -0.05) is 75.6 Å². The highest BCUT2D eigenvalue weighted by molar-refractivity contribution is 5.80. The van der Waals surface area contributed by atoms with Gasteiger partial charge >= 0.3 is 0 Å². The Morgan fingerprint density at radius 2 is 1.67 bits per heavy atom. The van der Waals surface area contributed by atoms with Crippen molar-refractivity contribution < 1.29 is 9.59 Å². The molecule has 1 fully saturated rings. The van der Waals surface area contributed by atoms with E-state index in [0.29, 0.717) is 19.4 Å². The van der Waals surface area contributed by atoms with Crippen LogP contribution in [0.15, 0.2) is 24.3 Å². The number of hydrogen-bond donors (Lipinski definition) is 2. The Bertz CT molecular complexity index is 730. The van der Waals surface area contributed by atoms with Crippen LogP contribution in [0.1, 0.15) is 101 Å². The van der Waals surface area contributed by atoms with Gasteiger partial charge in [-0.3, -0.25) is 9.59 Å². The summed E-state index contributed by atoms with van der Waals surface area (Å²) in [5.74, 6) is 1.10. The van der Waals surface area contributed by atoms with Gasteiger partial charge in [-0.05, 0) is 55.7 Å². The van der Waals surface area contributed by atoms with E-state index in [2.05, 4.69) is 23.5 Å². The summed E-state index contributed by atoms with van der Waals surface area (Å²) in [5, 5.41) is 3.09. The highest BCUT2D eigenvalue weighted by Crippen LogP contribution is 2.29. The highest BCUT2D eigenvalue weighted by atomic mass is 16.2. The molecule has 1 atom stereocenters. The largest absolute Gasteiger partial charge is 0.356 e. The standard InChI is InChI=1S/C28H45N3O2/c29-18-9-2-1-3-10-19-30-27(32)21-26-20-24-15-7-8-16-25(24)22-31(26)28(33)17-11-14-23-12-5-4-6-13-23/h7-8,15-16,23,26H,1-6,9-14,17-22,29H2,(H,30,32). The number of carbonyl (C=O) groups is 2. The van der Waals surface area contributed by atoms with Crippen LogP contribution >= 0.6 is 0 Å². The molecular formula is C28H45N3O2. The van der Waals surface area contributed by atoms with E-state index in [-0.39, 0.29) is 17.9 Å². The van der Waals surface area contributed by atoms with Crippen molar-refractivity contribution in [1.82, 2.24) is 10.2 Å². The monoisotopic (exact) mass is 455 g/mol. The molecule has 0 spiro atoms. The van der Waals surface area contributed by atoms with Crippen LogP contribution in [0.25, 0.3) is 0 Å². The van der Waals surface area contributed by atoms with E-state index in [0.717, 1.165) is 51.1 Å². The van der Waals surface area contributed by atoms with Gasteiger partial charge in [-0.15, -0.1) is 0 Å². The van der Waals surface area contributed by atoms with Gasteiger partial charge in [0, 0.05) is 32.0 Å². The average molecular weight is 456 g/mol. The van der Waals surface area contributed by atoms with E-state index in [1.807, 2.05) is 11.0 Å². The van der Waals surface area contributed by atoms with Gasteiger partial charge in [0.15, 0.2) is 0 Å². The van der Waals surface area contributed by atoms with Crippen molar-refractivity contribution in [2.45, 2.75) is 109 Å². The molecule has 1 aliphatic carbocycles. The molecule has 3 rings (SSSR count). The minimum Gasteiger partial charge on any atom is -0.356 e. The van der Waals surface area contributed by atoms with E-state index >= 15 is 0 Å². The second-order valence-electron chi connectivity index (χ2n) is 10.2. The van der Waals surface area contributed by atoms with E-state index in [1.165, 1.54) is 62.5 Å². The summed E-state index contributed by atoms with van der Waals surface area (Å²) in [4.78, 5) is 27.9. The normalized spacial score (nSPS) is 18.7. The molecule has 3 N–H and O–H groups in total. The molecule has 0 aromatic heterocycles. The topological polar surface area (TPSA) is 75.4 Å². The van der Waals surface area contributed by atoms with Gasteiger partial charge in [-0.2, -0.15) is 0 Å². The summed E-state index contributed by atoms with van der Waals surface area (Å²) >= 11 is 0. The Balaban J connectivity index is 1.47. The van der Waals surface area contributed by atoms with Crippen molar-refractivity contribution in [3.8, 4) is 0 Å². The predicted molar refractivity (Wildman–Crippen MR) is 135 cm³/mol. The van der Waals surface area contributed by atoms with Crippen LogP contribution in [0.2, 0.25) is 0 Å². The smallest absolute Gasteiger partial charge is 0.223 e. The van der Waals surface area contributed by atoms with Crippen LogP contribution in [0.5, 0.6) is 0 Å². The minimum absolute atomic E-state index is 0.0355. The van der Waals surface area contributed by atoms with Crippen LogP contribution in [0.3, 0.4) is 0 Å². The van der Waals surface area contributed by atoms with Crippen LogP contribution < -0.4 is 11.1 Å². The van der Waals surface area contributed by atoms with Crippen molar-refractivity contribution in [2.24, 2.45) is 11.7 Å². The molecule has 1 unspecified atom stereocenters. The van der Waals surface area contributed by atoms with Crippen molar-refractivity contribution in [3.05, 3.63) is 35.4 Å². The fraction of sp³-hybridized carbons (Fsp3) is 0.714. The quantitative estimate of drug-likeness (QED) is 0.406. The number of amides is 2. The fourth-order valence-electron chi connectivity index (χ4n) is 5.54. The first-order chi connectivity index (χ1) is 16.2. The molecule has 0 saturated heterocycles. The van der Waals surface area contributed by atoms with Gasteiger partial charge in [0.1, 0.15) is 0 Å². The molecule has 1 aliphatic heterocycles. The zero-order valence-corrected chi connectivity index (χ0v) is 20.5. The Hall–Kier alpha value is -1.88. The maximum atomic E-state index is 13.2.